The SMILES string of the molecule is N.NC1=NC(O)N2N=CN(CCP(=O)(O)O)C2=N1. The first-order valence-corrected chi connectivity index (χ1v) is 6.41. The van der Waals surface area contributed by atoms with Crippen molar-refractivity contribution in [1.29, 1.82) is 0 Å². The van der Waals surface area contributed by atoms with Gasteiger partial charge in [-0.1, -0.05) is 0 Å². The van der Waals surface area contributed by atoms with Crippen molar-refractivity contribution in [3.8, 4) is 0 Å². The molecule has 0 aromatic heterocycles. The molecule has 1 unspecified atom stereocenters. The first kappa shape index (κ1) is 14.5. The smallest absolute Gasteiger partial charge is 0.327 e. The van der Waals surface area contributed by atoms with Crippen molar-refractivity contribution < 1.29 is 19.5 Å². The molecular formula is C6H14N7O4P. The molecule has 0 saturated carbocycles. The van der Waals surface area contributed by atoms with E-state index < -0.39 is 13.9 Å². The van der Waals surface area contributed by atoms with Crippen LogP contribution in [0.2, 0.25) is 0 Å². The van der Waals surface area contributed by atoms with Gasteiger partial charge in [0.05, 0.1) is 6.16 Å². The molecule has 18 heavy (non-hydrogen) atoms. The van der Waals surface area contributed by atoms with E-state index in [1.807, 2.05) is 0 Å². The zero-order valence-electron chi connectivity index (χ0n) is 9.29. The van der Waals surface area contributed by atoms with Crippen LogP contribution in [0.1, 0.15) is 0 Å². The van der Waals surface area contributed by atoms with E-state index in [4.69, 9.17) is 15.5 Å². The summed E-state index contributed by atoms with van der Waals surface area (Å²) in [6.07, 6.45) is -0.316. The van der Waals surface area contributed by atoms with Gasteiger partial charge in [-0.05, 0) is 0 Å². The van der Waals surface area contributed by atoms with Crippen LogP contribution in [0.5, 0.6) is 0 Å². The topological polar surface area (TPSA) is 182 Å². The summed E-state index contributed by atoms with van der Waals surface area (Å²) in [5, 5.41) is 14.4. The van der Waals surface area contributed by atoms with E-state index in [0.717, 1.165) is 5.01 Å². The number of hydrogen-bond donors (Lipinski definition) is 5. The zero-order chi connectivity index (χ0) is 12.6. The maximum Gasteiger partial charge on any atom is 0.327 e. The lowest BCUT2D eigenvalue weighted by Crippen LogP contribution is -2.45. The minimum atomic E-state index is -4.10. The molecule has 12 heteroatoms. The van der Waals surface area contributed by atoms with Gasteiger partial charge in [0, 0.05) is 6.54 Å². The molecule has 0 radical (unpaired) electrons. The molecule has 0 bridgehead atoms. The summed E-state index contributed by atoms with van der Waals surface area (Å²) in [5.41, 5.74) is 5.37. The van der Waals surface area contributed by atoms with E-state index in [9.17, 15) is 9.67 Å². The molecule has 2 rings (SSSR count). The molecule has 8 N–H and O–H groups in total. The van der Waals surface area contributed by atoms with Crippen molar-refractivity contribution in [2.75, 3.05) is 12.7 Å². The van der Waals surface area contributed by atoms with Crippen LogP contribution < -0.4 is 11.9 Å². The average Bonchev–Trinajstić information content (AvgIpc) is 2.57. The number of hydrogen-bond acceptors (Lipinski definition) is 9. The van der Waals surface area contributed by atoms with E-state index in [0.29, 0.717) is 0 Å². The molecule has 0 spiro atoms. The van der Waals surface area contributed by atoms with Crippen LogP contribution in [0.15, 0.2) is 15.1 Å². The Labute approximate surface area is 102 Å². The molecule has 0 aliphatic carbocycles. The second-order valence-electron chi connectivity index (χ2n) is 3.40. The Morgan fingerprint density at radius 2 is 2.17 bits per heavy atom. The van der Waals surface area contributed by atoms with Crippen molar-refractivity contribution >= 4 is 25.9 Å². The highest BCUT2D eigenvalue weighted by atomic mass is 31.2. The molecule has 0 aromatic rings. The molecule has 2 aliphatic heterocycles. The third-order valence-electron chi connectivity index (χ3n) is 2.09. The predicted octanol–water partition coefficient (Wildman–Crippen LogP) is -2.15. The van der Waals surface area contributed by atoms with E-state index in [2.05, 4.69) is 15.1 Å². The van der Waals surface area contributed by atoms with Gasteiger partial charge in [0.25, 0.3) is 6.35 Å². The van der Waals surface area contributed by atoms with Crippen LogP contribution in [-0.4, -0.2) is 62.1 Å². The van der Waals surface area contributed by atoms with Crippen molar-refractivity contribution in [3.05, 3.63) is 0 Å². The summed E-state index contributed by atoms with van der Waals surface area (Å²) >= 11 is 0. The lowest BCUT2D eigenvalue weighted by Gasteiger charge is -2.25. The van der Waals surface area contributed by atoms with Crippen LogP contribution in [0.25, 0.3) is 0 Å². The highest BCUT2D eigenvalue weighted by Gasteiger charge is 2.32. The Morgan fingerprint density at radius 3 is 2.78 bits per heavy atom. The normalized spacial score (nSPS) is 22.3. The van der Waals surface area contributed by atoms with E-state index in [1.54, 1.807) is 0 Å². The molecule has 0 amide bonds. The van der Waals surface area contributed by atoms with Crippen molar-refractivity contribution in [2.45, 2.75) is 6.35 Å². The fourth-order valence-corrected chi connectivity index (χ4v) is 1.81. The molecule has 2 aliphatic rings. The zero-order valence-corrected chi connectivity index (χ0v) is 10.2. The standard InChI is InChI=1S/C6H11N6O4P.H3N/c7-4-9-5-11(1-2-17(14,15)16)3-8-12(5)6(13)10-4;/h3,6,13H,1-2H2,(H2,7,10)(H2,14,15,16);1H3. The third kappa shape index (κ3) is 3.03. The van der Waals surface area contributed by atoms with E-state index in [1.165, 1.54) is 11.2 Å². The highest BCUT2D eigenvalue weighted by molar-refractivity contribution is 7.51. The van der Waals surface area contributed by atoms with Gasteiger partial charge in [0.1, 0.15) is 6.34 Å². The van der Waals surface area contributed by atoms with Crippen LogP contribution in [-0.2, 0) is 4.57 Å². The Morgan fingerprint density at radius 1 is 1.50 bits per heavy atom. The summed E-state index contributed by atoms with van der Waals surface area (Å²) < 4.78 is 10.7. The molecule has 2 heterocycles. The first-order chi connectivity index (χ1) is 7.87. The minimum absolute atomic E-state index is 0. The Balaban J connectivity index is 0.00000162. The fraction of sp³-hybridized carbons (Fsp3) is 0.500. The molecule has 1 atom stereocenters. The minimum Gasteiger partial charge on any atom is -0.368 e. The quantitative estimate of drug-likeness (QED) is 0.362. The first-order valence-electron chi connectivity index (χ1n) is 4.61. The summed E-state index contributed by atoms with van der Waals surface area (Å²) in [7, 11) is -4.10. The third-order valence-corrected chi connectivity index (χ3v) is 2.87. The number of fused-ring (bicyclic) bond motifs is 1. The number of aliphatic hydroxyl groups is 1. The van der Waals surface area contributed by atoms with Gasteiger partial charge >= 0.3 is 7.60 Å². The van der Waals surface area contributed by atoms with Crippen LogP contribution in [0.3, 0.4) is 0 Å². The number of aliphatic hydroxyl groups excluding tert-OH is 1. The molecule has 0 fully saturated rings. The lowest BCUT2D eigenvalue weighted by molar-refractivity contribution is 0.0606. The Kier molecular flexibility index (Phi) is 4.04. The number of hydrazone groups is 1. The van der Waals surface area contributed by atoms with Crippen molar-refractivity contribution in [3.63, 3.8) is 0 Å². The van der Waals surface area contributed by atoms with E-state index in [-0.39, 0.29) is 30.8 Å². The maximum atomic E-state index is 10.7. The molecule has 0 aromatic carbocycles. The van der Waals surface area contributed by atoms with Crippen LogP contribution >= 0.6 is 7.60 Å². The second-order valence-corrected chi connectivity index (χ2v) is 5.18. The van der Waals surface area contributed by atoms with Gasteiger partial charge in [-0.3, -0.25) is 9.46 Å². The van der Waals surface area contributed by atoms with Crippen molar-refractivity contribution in [1.82, 2.24) is 16.1 Å². The van der Waals surface area contributed by atoms with Crippen LogP contribution in [0, 0.1) is 0 Å². The molecule has 102 valence electrons. The van der Waals surface area contributed by atoms with Gasteiger partial charge in [0.15, 0.2) is 0 Å². The average molecular weight is 279 g/mol. The largest absolute Gasteiger partial charge is 0.368 e. The fourth-order valence-electron chi connectivity index (χ4n) is 1.33. The molecular weight excluding hydrogens is 265 g/mol. The number of aliphatic imine (C=N–C) groups is 2. The number of nitrogens with zero attached hydrogens (tertiary/aromatic N) is 5. The Bertz CT molecular complexity index is 457. The van der Waals surface area contributed by atoms with Gasteiger partial charge in [0.2, 0.25) is 11.9 Å². The molecule has 11 nitrogen and oxygen atoms in total. The number of nitrogens with two attached hydrogens (primary N) is 1. The summed E-state index contributed by atoms with van der Waals surface area (Å²) in [5.74, 6) is 0.0777. The van der Waals surface area contributed by atoms with Gasteiger partial charge < -0.3 is 26.8 Å². The predicted molar refractivity (Wildman–Crippen MR) is 64.0 cm³/mol. The summed E-state index contributed by atoms with van der Waals surface area (Å²) in [6, 6.07) is 0. The molecule has 0 saturated heterocycles. The summed E-state index contributed by atoms with van der Waals surface area (Å²) in [6.45, 7) is 0.0170. The highest BCUT2D eigenvalue weighted by Crippen LogP contribution is 2.34. The van der Waals surface area contributed by atoms with E-state index >= 15 is 0 Å². The Hall–Kier alpha value is -1.52. The van der Waals surface area contributed by atoms with Gasteiger partial charge in [-0.15, -0.1) is 0 Å². The number of rotatable bonds is 3. The monoisotopic (exact) mass is 279 g/mol. The summed E-state index contributed by atoms with van der Waals surface area (Å²) in [4.78, 5) is 26.3. The van der Waals surface area contributed by atoms with Crippen LogP contribution in [0.4, 0.5) is 0 Å². The second kappa shape index (κ2) is 5.00. The van der Waals surface area contributed by atoms with Gasteiger partial charge in [-0.2, -0.15) is 20.1 Å². The maximum absolute atomic E-state index is 10.7. The van der Waals surface area contributed by atoms with Crippen molar-refractivity contribution in [2.24, 2.45) is 20.8 Å². The number of guanidine groups is 2. The lowest BCUT2D eigenvalue weighted by atomic mass is 10.6. The van der Waals surface area contributed by atoms with Gasteiger partial charge in [-0.25, -0.2) is 0 Å².